The third-order valence-electron chi connectivity index (χ3n) is 3.14. The molecule has 0 amide bonds. The van der Waals surface area contributed by atoms with Crippen LogP contribution in [0.2, 0.25) is 0 Å². The van der Waals surface area contributed by atoms with Crippen molar-refractivity contribution in [2.45, 2.75) is 26.9 Å². The first kappa shape index (κ1) is 13.3. The van der Waals surface area contributed by atoms with Crippen LogP contribution in [0.5, 0.6) is 0 Å². The zero-order valence-corrected chi connectivity index (χ0v) is 12.4. The Bertz CT molecular complexity index is 517. The number of hydrogen-bond donors (Lipinski definition) is 1. The molecule has 0 atom stereocenters. The summed E-state index contributed by atoms with van der Waals surface area (Å²) in [6.45, 7) is 6.12. The van der Waals surface area contributed by atoms with Gasteiger partial charge in [-0.1, -0.05) is 46.3 Å². The Balaban J connectivity index is 1.88. The lowest BCUT2D eigenvalue weighted by Crippen LogP contribution is -2.12. The minimum atomic E-state index is 0.903. The zero-order chi connectivity index (χ0) is 13.0. The van der Waals surface area contributed by atoms with Gasteiger partial charge in [-0.15, -0.1) is 0 Å². The second-order valence-electron chi connectivity index (χ2n) is 4.65. The molecule has 0 unspecified atom stereocenters. The maximum atomic E-state index is 3.47. The van der Waals surface area contributed by atoms with Crippen LogP contribution in [-0.2, 0) is 13.1 Å². The SMILES string of the molecule is Cc1ccc(CNCc2ccc(Br)cc2)cc1C. The third kappa shape index (κ3) is 3.69. The predicted octanol–water partition coefficient (Wildman–Crippen LogP) is 4.36. The van der Waals surface area contributed by atoms with E-state index in [9.17, 15) is 0 Å². The molecule has 18 heavy (non-hydrogen) atoms. The van der Waals surface area contributed by atoms with Crippen molar-refractivity contribution in [2.24, 2.45) is 0 Å². The van der Waals surface area contributed by atoms with Crippen molar-refractivity contribution >= 4 is 15.9 Å². The van der Waals surface area contributed by atoms with E-state index in [0.717, 1.165) is 17.6 Å². The van der Waals surface area contributed by atoms with Crippen molar-refractivity contribution in [3.05, 3.63) is 69.2 Å². The van der Waals surface area contributed by atoms with E-state index in [-0.39, 0.29) is 0 Å². The van der Waals surface area contributed by atoms with Gasteiger partial charge >= 0.3 is 0 Å². The Labute approximate surface area is 117 Å². The second kappa shape index (κ2) is 6.17. The van der Waals surface area contributed by atoms with Gasteiger partial charge in [-0.3, -0.25) is 0 Å². The lowest BCUT2D eigenvalue weighted by molar-refractivity contribution is 0.693. The Morgan fingerprint density at radius 3 is 2.11 bits per heavy atom. The van der Waals surface area contributed by atoms with Gasteiger partial charge in [0.05, 0.1) is 0 Å². The van der Waals surface area contributed by atoms with Gasteiger partial charge in [-0.25, -0.2) is 0 Å². The number of aryl methyl sites for hydroxylation is 2. The summed E-state index contributed by atoms with van der Waals surface area (Å²) in [7, 11) is 0. The highest BCUT2D eigenvalue weighted by atomic mass is 79.9. The predicted molar refractivity (Wildman–Crippen MR) is 80.6 cm³/mol. The van der Waals surface area contributed by atoms with E-state index in [0.29, 0.717) is 0 Å². The molecule has 0 saturated heterocycles. The van der Waals surface area contributed by atoms with Crippen LogP contribution in [0.4, 0.5) is 0 Å². The van der Waals surface area contributed by atoms with Gasteiger partial charge in [0.25, 0.3) is 0 Å². The topological polar surface area (TPSA) is 12.0 Å². The highest BCUT2D eigenvalue weighted by Crippen LogP contribution is 2.11. The van der Waals surface area contributed by atoms with Crippen molar-refractivity contribution in [3.63, 3.8) is 0 Å². The number of halogens is 1. The summed E-state index contributed by atoms with van der Waals surface area (Å²) in [5, 5.41) is 3.47. The molecule has 0 spiro atoms. The monoisotopic (exact) mass is 303 g/mol. The molecule has 0 fully saturated rings. The molecular weight excluding hydrogens is 286 g/mol. The number of rotatable bonds is 4. The standard InChI is InChI=1S/C16H18BrN/c1-12-3-4-15(9-13(12)2)11-18-10-14-5-7-16(17)8-6-14/h3-9,18H,10-11H2,1-2H3. The Kier molecular flexibility index (Phi) is 4.56. The van der Waals surface area contributed by atoms with Crippen LogP contribution in [0.3, 0.4) is 0 Å². The first-order chi connectivity index (χ1) is 8.65. The van der Waals surface area contributed by atoms with Gasteiger partial charge in [-0.2, -0.15) is 0 Å². The summed E-state index contributed by atoms with van der Waals surface area (Å²) in [6, 6.07) is 15.1. The lowest BCUT2D eigenvalue weighted by atomic mass is 10.1. The van der Waals surface area contributed by atoms with Crippen molar-refractivity contribution < 1.29 is 0 Å². The van der Waals surface area contributed by atoms with Crippen LogP contribution in [0, 0.1) is 13.8 Å². The van der Waals surface area contributed by atoms with Gasteiger partial charge < -0.3 is 5.32 Å². The van der Waals surface area contributed by atoms with E-state index >= 15 is 0 Å². The van der Waals surface area contributed by atoms with E-state index in [4.69, 9.17) is 0 Å². The summed E-state index contributed by atoms with van der Waals surface area (Å²) < 4.78 is 1.13. The first-order valence-corrected chi connectivity index (χ1v) is 6.96. The Hall–Kier alpha value is -1.12. The van der Waals surface area contributed by atoms with E-state index in [2.05, 4.69) is 77.6 Å². The molecule has 94 valence electrons. The average Bonchev–Trinajstić information content (AvgIpc) is 2.36. The molecule has 1 nitrogen and oxygen atoms in total. The van der Waals surface area contributed by atoms with Crippen molar-refractivity contribution in [1.29, 1.82) is 0 Å². The molecular formula is C16H18BrN. The molecule has 2 heteroatoms. The number of nitrogens with one attached hydrogen (secondary N) is 1. The van der Waals surface area contributed by atoms with Crippen LogP contribution < -0.4 is 5.32 Å². The highest BCUT2D eigenvalue weighted by Gasteiger charge is 1.97. The van der Waals surface area contributed by atoms with Gasteiger partial charge in [0.15, 0.2) is 0 Å². The van der Waals surface area contributed by atoms with Crippen molar-refractivity contribution in [3.8, 4) is 0 Å². The minimum Gasteiger partial charge on any atom is -0.309 e. The van der Waals surface area contributed by atoms with Gasteiger partial charge in [0.2, 0.25) is 0 Å². The molecule has 0 bridgehead atoms. The maximum Gasteiger partial charge on any atom is 0.0208 e. The molecule has 1 N–H and O–H groups in total. The fourth-order valence-corrected chi connectivity index (χ4v) is 2.13. The fourth-order valence-electron chi connectivity index (χ4n) is 1.87. The molecule has 0 aliphatic carbocycles. The van der Waals surface area contributed by atoms with Crippen LogP contribution in [0.1, 0.15) is 22.3 Å². The lowest BCUT2D eigenvalue weighted by Gasteiger charge is -2.07. The van der Waals surface area contributed by atoms with Crippen LogP contribution in [0.25, 0.3) is 0 Å². The van der Waals surface area contributed by atoms with Gasteiger partial charge in [0.1, 0.15) is 0 Å². The summed E-state index contributed by atoms with van der Waals surface area (Å²) in [4.78, 5) is 0. The zero-order valence-electron chi connectivity index (χ0n) is 10.8. The molecule has 2 aromatic carbocycles. The number of hydrogen-bond acceptors (Lipinski definition) is 1. The Morgan fingerprint density at radius 2 is 1.44 bits per heavy atom. The largest absolute Gasteiger partial charge is 0.309 e. The number of benzene rings is 2. The smallest absolute Gasteiger partial charge is 0.0208 e. The van der Waals surface area contributed by atoms with Crippen LogP contribution in [0.15, 0.2) is 46.9 Å². The van der Waals surface area contributed by atoms with Crippen LogP contribution >= 0.6 is 15.9 Å². The maximum absolute atomic E-state index is 3.47. The highest BCUT2D eigenvalue weighted by molar-refractivity contribution is 9.10. The van der Waals surface area contributed by atoms with E-state index in [1.807, 2.05) is 0 Å². The van der Waals surface area contributed by atoms with Gasteiger partial charge in [0, 0.05) is 17.6 Å². The molecule has 0 aromatic heterocycles. The van der Waals surface area contributed by atoms with Crippen molar-refractivity contribution in [2.75, 3.05) is 0 Å². The first-order valence-electron chi connectivity index (χ1n) is 6.16. The molecule has 0 radical (unpaired) electrons. The normalized spacial score (nSPS) is 10.6. The van der Waals surface area contributed by atoms with E-state index in [1.54, 1.807) is 0 Å². The van der Waals surface area contributed by atoms with E-state index < -0.39 is 0 Å². The third-order valence-corrected chi connectivity index (χ3v) is 3.67. The van der Waals surface area contributed by atoms with Gasteiger partial charge in [-0.05, 0) is 48.2 Å². The summed E-state index contributed by atoms with van der Waals surface area (Å²) >= 11 is 3.44. The molecule has 0 aliphatic heterocycles. The summed E-state index contributed by atoms with van der Waals surface area (Å²) in [5.74, 6) is 0. The van der Waals surface area contributed by atoms with Crippen molar-refractivity contribution in [1.82, 2.24) is 5.32 Å². The van der Waals surface area contributed by atoms with Crippen LogP contribution in [-0.4, -0.2) is 0 Å². The average molecular weight is 304 g/mol. The molecule has 0 aliphatic rings. The Morgan fingerprint density at radius 1 is 0.833 bits per heavy atom. The summed E-state index contributed by atoms with van der Waals surface area (Å²) in [5.41, 5.74) is 5.36. The minimum absolute atomic E-state index is 0.903. The molecule has 0 heterocycles. The fraction of sp³-hybridized carbons (Fsp3) is 0.250. The van der Waals surface area contributed by atoms with E-state index in [1.165, 1.54) is 22.3 Å². The molecule has 0 saturated carbocycles. The quantitative estimate of drug-likeness (QED) is 0.885. The molecule has 2 aromatic rings. The second-order valence-corrected chi connectivity index (χ2v) is 5.56. The summed E-state index contributed by atoms with van der Waals surface area (Å²) in [6.07, 6.45) is 0. The molecule has 2 rings (SSSR count).